The molecule has 0 saturated carbocycles. The van der Waals surface area contributed by atoms with E-state index in [0.717, 1.165) is 70.6 Å². The Labute approximate surface area is 156 Å². The van der Waals surface area contributed by atoms with Crippen LogP contribution in [0.3, 0.4) is 0 Å². The van der Waals surface area contributed by atoms with Gasteiger partial charge in [0.2, 0.25) is 0 Å². The van der Waals surface area contributed by atoms with Crippen LogP contribution < -0.4 is 0 Å². The molecule has 2 aromatic carbocycles. The zero-order chi connectivity index (χ0) is 18.4. The molecular weight excluding hydrogens is 328 g/mol. The minimum absolute atomic E-state index is 0.361. The second-order valence-electron chi connectivity index (χ2n) is 6.85. The van der Waals surface area contributed by atoms with Gasteiger partial charge < -0.3 is 10.2 Å². The zero-order valence-electron chi connectivity index (χ0n) is 15.9. The summed E-state index contributed by atoms with van der Waals surface area (Å²) in [6.45, 7) is 8.43. The average molecular weight is 359 g/mol. The summed E-state index contributed by atoms with van der Waals surface area (Å²) < 4.78 is 0. The number of rotatable bonds is 8. The summed E-state index contributed by atoms with van der Waals surface area (Å²) in [7, 11) is 0. The van der Waals surface area contributed by atoms with E-state index in [1.54, 1.807) is 0 Å². The molecule has 0 radical (unpaired) electrons. The lowest BCUT2D eigenvalue weighted by atomic mass is 10.0. The Morgan fingerprint density at radius 3 is 1.48 bits per heavy atom. The fraction of sp³-hybridized carbons (Fsp3) is 0.455. The summed E-state index contributed by atoms with van der Waals surface area (Å²) in [6.07, 6.45) is 6.12. The minimum atomic E-state index is 0.361. The highest BCUT2D eigenvalue weighted by Crippen LogP contribution is 2.43. The van der Waals surface area contributed by atoms with E-state index in [1.165, 1.54) is 11.8 Å². The summed E-state index contributed by atoms with van der Waals surface area (Å²) in [5.74, 6) is 0.722. The van der Waals surface area contributed by atoms with Gasteiger partial charge in [-0.1, -0.05) is 50.6 Å². The minimum Gasteiger partial charge on any atom is -0.506 e. The quantitative estimate of drug-likeness (QED) is 0.562. The van der Waals surface area contributed by atoms with Gasteiger partial charge in [0.1, 0.15) is 11.5 Å². The number of benzene rings is 2. The number of phenols is 2. The Balaban J connectivity index is 2.36. The number of hydrogen-bond acceptors (Lipinski definition) is 3. The van der Waals surface area contributed by atoms with Crippen molar-refractivity contribution in [3.05, 3.63) is 46.5 Å². The van der Waals surface area contributed by atoms with Gasteiger partial charge in [0, 0.05) is 0 Å². The molecule has 2 aromatic rings. The first-order valence-corrected chi connectivity index (χ1v) is 10.1. The molecule has 0 aliphatic rings. The van der Waals surface area contributed by atoms with E-state index in [2.05, 4.69) is 39.8 Å². The molecule has 0 amide bonds. The molecule has 136 valence electrons. The number of unbranched alkanes of at least 4 members (excludes halogenated alkanes) is 2. The third-order valence-corrected chi connectivity index (χ3v) is 5.48. The summed E-state index contributed by atoms with van der Waals surface area (Å²) in [4.78, 5) is 1.65. The molecule has 0 atom stereocenters. The lowest BCUT2D eigenvalue weighted by Gasteiger charge is -2.14. The van der Waals surface area contributed by atoms with Crippen LogP contribution in [0, 0.1) is 13.8 Å². The first kappa shape index (κ1) is 19.7. The van der Waals surface area contributed by atoms with E-state index >= 15 is 0 Å². The fourth-order valence-corrected chi connectivity index (χ4v) is 4.21. The first-order chi connectivity index (χ1) is 12.0. The predicted octanol–water partition coefficient (Wildman–Crippen LogP) is 6.55. The summed E-state index contributed by atoms with van der Waals surface area (Å²) in [6, 6.07) is 8.14. The lowest BCUT2D eigenvalue weighted by Crippen LogP contribution is -1.92. The van der Waals surface area contributed by atoms with Crippen molar-refractivity contribution in [1.29, 1.82) is 0 Å². The Bertz CT molecular complexity index is 661. The molecule has 3 heteroatoms. The van der Waals surface area contributed by atoms with E-state index in [4.69, 9.17) is 0 Å². The van der Waals surface area contributed by atoms with Crippen LogP contribution >= 0.6 is 11.8 Å². The Kier molecular flexibility index (Phi) is 7.24. The number of aromatic hydroxyl groups is 2. The average Bonchev–Trinajstić information content (AvgIpc) is 2.58. The molecule has 0 fully saturated rings. The smallest absolute Gasteiger partial charge is 0.132 e. The Morgan fingerprint density at radius 2 is 1.12 bits per heavy atom. The molecule has 25 heavy (non-hydrogen) atoms. The molecule has 0 aliphatic heterocycles. The maximum absolute atomic E-state index is 10.7. The van der Waals surface area contributed by atoms with Gasteiger partial charge in [0.15, 0.2) is 0 Å². The van der Waals surface area contributed by atoms with Gasteiger partial charge in [-0.2, -0.15) is 0 Å². The van der Waals surface area contributed by atoms with E-state index < -0.39 is 0 Å². The third-order valence-electron chi connectivity index (χ3n) is 4.42. The second kappa shape index (κ2) is 9.19. The largest absolute Gasteiger partial charge is 0.506 e. The van der Waals surface area contributed by atoms with Crippen molar-refractivity contribution in [2.75, 3.05) is 0 Å². The van der Waals surface area contributed by atoms with Crippen LogP contribution in [0.15, 0.2) is 34.1 Å². The van der Waals surface area contributed by atoms with Crippen LogP contribution in [0.1, 0.15) is 61.8 Å². The third kappa shape index (κ3) is 5.18. The van der Waals surface area contributed by atoms with Gasteiger partial charge >= 0.3 is 0 Å². The Morgan fingerprint density at radius 1 is 0.720 bits per heavy atom. The number of hydrogen-bond donors (Lipinski definition) is 2. The van der Waals surface area contributed by atoms with Crippen LogP contribution in [0.5, 0.6) is 11.5 Å². The molecule has 2 N–H and O–H groups in total. The summed E-state index contributed by atoms with van der Waals surface area (Å²) in [5.41, 5.74) is 4.29. The van der Waals surface area contributed by atoms with Crippen LogP contribution in [0.25, 0.3) is 0 Å². The van der Waals surface area contributed by atoms with Crippen molar-refractivity contribution in [2.45, 2.75) is 76.0 Å². The fourth-order valence-electron chi connectivity index (χ4n) is 3.03. The SMILES string of the molecule is CCCCc1cc(C)cc(Sc2cc(C)cc(CCCC)c2O)c1O. The summed E-state index contributed by atoms with van der Waals surface area (Å²) >= 11 is 1.46. The molecule has 2 nitrogen and oxygen atoms in total. The van der Waals surface area contributed by atoms with Gasteiger partial charge in [0.25, 0.3) is 0 Å². The van der Waals surface area contributed by atoms with Crippen LogP contribution in [-0.4, -0.2) is 10.2 Å². The Hall–Kier alpha value is -1.61. The molecule has 2 rings (SSSR count). The van der Waals surface area contributed by atoms with Crippen molar-refractivity contribution >= 4 is 11.8 Å². The molecule has 0 aromatic heterocycles. The van der Waals surface area contributed by atoms with E-state index in [-0.39, 0.29) is 0 Å². The molecule has 0 aliphatic carbocycles. The molecular formula is C22H30O2S. The first-order valence-electron chi connectivity index (χ1n) is 9.29. The second-order valence-corrected chi connectivity index (χ2v) is 7.93. The van der Waals surface area contributed by atoms with Crippen LogP contribution in [0.4, 0.5) is 0 Å². The van der Waals surface area contributed by atoms with Gasteiger partial charge in [-0.05, 0) is 73.9 Å². The predicted molar refractivity (Wildman–Crippen MR) is 107 cm³/mol. The summed E-state index contributed by atoms with van der Waals surface area (Å²) in [5, 5.41) is 21.3. The van der Waals surface area contributed by atoms with E-state index in [0.29, 0.717) is 11.5 Å². The van der Waals surface area contributed by atoms with Crippen molar-refractivity contribution < 1.29 is 10.2 Å². The van der Waals surface area contributed by atoms with Gasteiger partial charge in [-0.3, -0.25) is 0 Å². The van der Waals surface area contributed by atoms with Gasteiger partial charge in [-0.25, -0.2) is 0 Å². The van der Waals surface area contributed by atoms with Crippen molar-refractivity contribution in [3.8, 4) is 11.5 Å². The van der Waals surface area contributed by atoms with E-state index in [1.807, 2.05) is 12.1 Å². The maximum atomic E-state index is 10.7. The number of phenolic OH excluding ortho intramolecular Hbond substituents is 2. The standard InChI is InChI=1S/C22H30O2S/c1-5-7-9-17-11-15(3)13-19(21(17)23)25-20-14-16(4)12-18(22(20)24)10-8-6-2/h11-14,23-24H,5-10H2,1-4H3. The molecule has 0 unspecified atom stereocenters. The monoisotopic (exact) mass is 358 g/mol. The van der Waals surface area contributed by atoms with Crippen molar-refractivity contribution in [2.24, 2.45) is 0 Å². The molecule has 0 saturated heterocycles. The van der Waals surface area contributed by atoms with Crippen molar-refractivity contribution in [3.63, 3.8) is 0 Å². The highest BCUT2D eigenvalue weighted by atomic mass is 32.2. The topological polar surface area (TPSA) is 40.5 Å². The lowest BCUT2D eigenvalue weighted by molar-refractivity contribution is 0.451. The maximum Gasteiger partial charge on any atom is 0.132 e. The normalized spacial score (nSPS) is 11.0. The molecule has 0 heterocycles. The molecule has 0 spiro atoms. The van der Waals surface area contributed by atoms with Gasteiger partial charge in [0.05, 0.1) is 9.79 Å². The molecule has 0 bridgehead atoms. The van der Waals surface area contributed by atoms with Crippen LogP contribution in [0.2, 0.25) is 0 Å². The zero-order valence-corrected chi connectivity index (χ0v) is 16.7. The highest BCUT2D eigenvalue weighted by molar-refractivity contribution is 7.99. The van der Waals surface area contributed by atoms with E-state index in [9.17, 15) is 10.2 Å². The van der Waals surface area contributed by atoms with Gasteiger partial charge in [-0.15, -0.1) is 0 Å². The highest BCUT2D eigenvalue weighted by Gasteiger charge is 2.14. The van der Waals surface area contributed by atoms with Crippen molar-refractivity contribution in [1.82, 2.24) is 0 Å². The number of aryl methyl sites for hydroxylation is 4. The van der Waals surface area contributed by atoms with Crippen LogP contribution in [-0.2, 0) is 12.8 Å².